The van der Waals surface area contributed by atoms with Crippen LogP contribution in [0.5, 0.6) is 0 Å². The number of benzene rings is 3. The van der Waals surface area contributed by atoms with E-state index in [1.165, 1.54) is 27.5 Å². The minimum atomic E-state index is 1.00. The second-order valence-corrected chi connectivity index (χ2v) is 4.80. The molecule has 0 aliphatic rings. The summed E-state index contributed by atoms with van der Waals surface area (Å²) in [6.07, 6.45) is 1.00. The van der Waals surface area contributed by atoms with Crippen LogP contribution < -0.4 is 0 Å². The van der Waals surface area contributed by atoms with Crippen molar-refractivity contribution in [2.75, 3.05) is 0 Å². The van der Waals surface area contributed by atoms with Crippen molar-refractivity contribution in [3.63, 3.8) is 0 Å². The van der Waals surface area contributed by atoms with Crippen molar-refractivity contribution in [3.05, 3.63) is 83.4 Å². The smallest absolute Gasteiger partial charge is 0.00195 e. The molecule has 0 atom stereocenters. The Morgan fingerprint density at radius 1 is 0.778 bits per heavy atom. The fourth-order valence-corrected chi connectivity index (χ4v) is 2.49. The van der Waals surface area contributed by atoms with Crippen molar-refractivity contribution in [2.45, 2.75) is 13.3 Å². The van der Waals surface area contributed by atoms with E-state index in [9.17, 15) is 0 Å². The van der Waals surface area contributed by atoms with Gasteiger partial charge in [-0.2, -0.15) is 0 Å². The topological polar surface area (TPSA) is 0 Å². The van der Waals surface area contributed by atoms with Gasteiger partial charge >= 0.3 is 0 Å². The zero-order valence-electron chi connectivity index (χ0n) is 10.6. The van der Waals surface area contributed by atoms with Crippen molar-refractivity contribution < 1.29 is 0 Å². The highest BCUT2D eigenvalue weighted by atomic mass is 14.1. The first-order chi connectivity index (χ1) is 8.83. The average Bonchev–Trinajstić information content (AvgIpc) is 2.39. The fourth-order valence-electron chi connectivity index (χ4n) is 2.49. The molecule has 0 heteroatoms. The molecule has 0 aliphatic heterocycles. The Morgan fingerprint density at radius 2 is 1.56 bits per heavy atom. The summed E-state index contributed by atoms with van der Waals surface area (Å²) >= 11 is 0. The molecule has 0 saturated carbocycles. The minimum absolute atomic E-state index is 1.00. The molecule has 0 heterocycles. The molecule has 3 aromatic rings. The molecule has 88 valence electrons. The van der Waals surface area contributed by atoms with Gasteiger partial charge < -0.3 is 0 Å². The Balaban J connectivity index is 2.05. The summed E-state index contributed by atoms with van der Waals surface area (Å²) < 4.78 is 0. The molecule has 0 saturated heterocycles. The summed E-state index contributed by atoms with van der Waals surface area (Å²) in [4.78, 5) is 0. The van der Waals surface area contributed by atoms with Gasteiger partial charge in [-0.1, -0.05) is 72.3 Å². The lowest BCUT2D eigenvalue weighted by Crippen LogP contribution is -1.90. The predicted octanol–water partition coefficient (Wildman–Crippen LogP) is 4.74. The molecule has 0 aromatic heterocycles. The van der Waals surface area contributed by atoms with Gasteiger partial charge in [0.1, 0.15) is 0 Å². The van der Waals surface area contributed by atoms with Crippen molar-refractivity contribution in [1.82, 2.24) is 0 Å². The molecule has 0 nitrogen and oxygen atoms in total. The van der Waals surface area contributed by atoms with Crippen molar-refractivity contribution in [3.8, 4) is 0 Å². The van der Waals surface area contributed by atoms with Crippen LogP contribution in [0.2, 0.25) is 0 Å². The van der Waals surface area contributed by atoms with E-state index in [0.717, 1.165) is 6.42 Å². The van der Waals surface area contributed by atoms with Crippen LogP contribution in [-0.4, -0.2) is 0 Å². The van der Waals surface area contributed by atoms with Crippen molar-refractivity contribution in [2.24, 2.45) is 0 Å². The van der Waals surface area contributed by atoms with E-state index < -0.39 is 0 Å². The van der Waals surface area contributed by atoms with Crippen LogP contribution in [0.25, 0.3) is 10.8 Å². The summed E-state index contributed by atoms with van der Waals surface area (Å²) in [7, 11) is 0. The molecule has 0 N–H and O–H groups in total. The highest BCUT2D eigenvalue weighted by Gasteiger charge is 2.01. The Labute approximate surface area is 108 Å². The molecule has 3 aromatic carbocycles. The van der Waals surface area contributed by atoms with Gasteiger partial charge in [-0.25, -0.2) is 0 Å². The van der Waals surface area contributed by atoms with Gasteiger partial charge in [-0.3, -0.25) is 0 Å². The molecule has 0 unspecified atom stereocenters. The molecule has 0 amide bonds. The van der Waals surface area contributed by atoms with Crippen molar-refractivity contribution >= 4 is 10.8 Å². The lowest BCUT2D eigenvalue weighted by molar-refractivity contribution is 1.20. The molecule has 3 rings (SSSR count). The highest BCUT2D eigenvalue weighted by Crippen LogP contribution is 2.21. The lowest BCUT2D eigenvalue weighted by atomic mass is 9.98. The second-order valence-electron chi connectivity index (χ2n) is 4.80. The van der Waals surface area contributed by atoms with Gasteiger partial charge in [0.2, 0.25) is 0 Å². The number of hydrogen-bond acceptors (Lipinski definition) is 0. The van der Waals surface area contributed by atoms with Gasteiger partial charge in [-0.05, 0) is 35.2 Å². The number of rotatable bonds is 2. The van der Waals surface area contributed by atoms with E-state index in [0.29, 0.717) is 0 Å². The zero-order chi connectivity index (χ0) is 12.4. The molecule has 18 heavy (non-hydrogen) atoms. The van der Waals surface area contributed by atoms with E-state index in [2.05, 4.69) is 73.7 Å². The first kappa shape index (κ1) is 11.0. The quantitative estimate of drug-likeness (QED) is 0.598. The third-order valence-electron chi connectivity index (χ3n) is 3.36. The molecule has 0 bridgehead atoms. The van der Waals surface area contributed by atoms with E-state index in [4.69, 9.17) is 0 Å². The summed E-state index contributed by atoms with van der Waals surface area (Å²) in [5.41, 5.74) is 4.11. The SMILES string of the molecule is Cc1cccc(Cc2cccc3ccccc23)c1. The molecule has 0 radical (unpaired) electrons. The van der Waals surface area contributed by atoms with Crippen LogP contribution in [0, 0.1) is 6.92 Å². The Bertz CT molecular complexity index is 675. The minimum Gasteiger partial charge on any atom is -0.0617 e. The van der Waals surface area contributed by atoms with Gasteiger partial charge in [0, 0.05) is 0 Å². The van der Waals surface area contributed by atoms with E-state index in [-0.39, 0.29) is 0 Å². The normalized spacial score (nSPS) is 10.7. The van der Waals surface area contributed by atoms with Gasteiger partial charge in [-0.15, -0.1) is 0 Å². The third-order valence-corrected chi connectivity index (χ3v) is 3.36. The number of hydrogen-bond donors (Lipinski definition) is 0. The van der Waals surface area contributed by atoms with Crippen LogP contribution in [-0.2, 0) is 6.42 Å². The van der Waals surface area contributed by atoms with Crippen LogP contribution in [0.1, 0.15) is 16.7 Å². The Kier molecular flexibility index (Phi) is 2.85. The number of aryl methyl sites for hydroxylation is 1. The maximum absolute atomic E-state index is 2.27. The monoisotopic (exact) mass is 232 g/mol. The first-order valence-electron chi connectivity index (χ1n) is 6.35. The van der Waals surface area contributed by atoms with Crippen molar-refractivity contribution in [1.29, 1.82) is 0 Å². The summed E-state index contributed by atoms with van der Waals surface area (Å²) in [5, 5.41) is 2.68. The van der Waals surface area contributed by atoms with Crippen LogP contribution >= 0.6 is 0 Å². The molecular formula is C18H16. The van der Waals surface area contributed by atoms with Gasteiger partial charge in [0.15, 0.2) is 0 Å². The summed E-state index contributed by atoms with van der Waals surface area (Å²) in [6, 6.07) is 23.9. The fraction of sp³-hybridized carbons (Fsp3) is 0.111. The Hall–Kier alpha value is -2.08. The van der Waals surface area contributed by atoms with Crippen LogP contribution in [0.4, 0.5) is 0 Å². The molecule has 0 aliphatic carbocycles. The predicted molar refractivity (Wildman–Crippen MR) is 77.9 cm³/mol. The standard InChI is InChI=1S/C18H16/c1-14-6-4-7-15(12-14)13-17-10-5-9-16-8-2-3-11-18(16)17/h2-12H,13H2,1H3. The molecule has 0 fully saturated rings. The van der Waals surface area contributed by atoms with E-state index >= 15 is 0 Å². The largest absolute Gasteiger partial charge is 0.0617 e. The van der Waals surface area contributed by atoms with Crippen LogP contribution in [0.3, 0.4) is 0 Å². The van der Waals surface area contributed by atoms with Gasteiger partial charge in [0.05, 0.1) is 0 Å². The number of fused-ring (bicyclic) bond motifs is 1. The second kappa shape index (κ2) is 4.66. The van der Waals surface area contributed by atoms with E-state index in [1.807, 2.05) is 0 Å². The zero-order valence-corrected chi connectivity index (χ0v) is 10.6. The Morgan fingerprint density at radius 3 is 2.44 bits per heavy atom. The highest BCUT2D eigenvalue weighted by molar-refractivity contribution is 5.85. The lowest BCUT2D eigenvalue weighted by Gasteiger charge is -2.07. The molecule has 0 spiro atoms. The van der Waals surface area contributed by atoms with Crippen LogP contribution in [0.15, 0.2) is 66.7 Å². The third kappa shape index (κ3) is 2.14. The average molecular weight is 232 g/mol. The molecular weight excluding hydrogens is 216 g/mol. The van der Waals surface area contributed by atoms with Gasteiger partial charge in [0.25, 0.3) is 0 Å². The maximum atomic E-state index is 2.27. The summed E-state index contributed by atoms with van der Waals surface area (Å²) in [5.74, 6) is 0. The first-order valence-corrected chi connectivity index (χ1v) is 6.35. The summed E-state index contributed by atoms with van der Waals surface area (Å²) in [6.45, 7) is 2.15. The van der Waals surface area contributed by atoms with E-state index in [1.54, 1.807) is 0 Å². The maximum Gasteiger partial charge on any atom is -0.00195 e.